The van der Waals surface area contributed by atoms with E-state index in [4.69, 9.17) is 0 Å². The molecule has 1 unspecified atom stereocenters. The molecular weight excluding hydrogens is 212 g/mol. The van der Waals surface area contributed by atoms with Crippen molar-refractivity contribution in [3.05, 3.63) is 38.5 Å². The lowest BCUT2D eigenvalue weighted by molar-refractivity contribution is 0.714. The van der Waals surface area contributed by atoms with Crippen LogP contribution in [0.4, 0.5) is 0 Å². The minimum Gasteiger partial charge on any atom is -0.308 e. The lowest BCUT2D eigenvalue weighted by Crippen LogP contribution is -2.14. The minimum absolute atomic E-state index is 0.307. The average molecular weight is 224 g/mol. The third-order valence-electron chi connectivity index (χ3n) is 2.04. The molecule has 2 nitrogen and oxygen atoms in total. The van der Waals surface area contributed by atoms with Crippen LogP contribution < -0.4 is 5.32 Å². The summed E-state index contributed by atoms with van der Waals surface area (Å²) in [4.78, 5) is 6.91. The van der Waals surface area contributed by atoms with Gasteiger partial charge in [-0.2, -0.15) is 0 Å². The average Bonchev–Trinajstić information content (AvgIpc) is 2.79. The van der Waals surface area contributed by atoms with Gasteiger partial charge in [0.2, 0.25) is 0 Å². The van der Waals surface area contributed by atoms with E-state index in [-0.39, 0.29) is 0 Å². The molecule has 0 saturated heterocycles. The lowest BCUT2D eigenvalue weighted by atomic mass is 10.2. The number of hydrogen-bond donors (Lipinski definition) is 1. The predicted molar refractivity (Wildman–Crippen MR) is 62.1 cm³/mol. The second-order valence-electron chi connectivity index (χ2n) is 3.02. The Labute approximate surface area is 91.6 Å². The van der Waals surface area contributed by atoms with Crippen LogP contribution in [0.15, 0.2) is 23.7 Å². The first kappa shape index (κ1) is 9.83. The third-order valence-corrected chi connectivity index (χ3v) is 3.95. The van der Waals surface area contributed by atoms with Crippen molar-refractivity contribution in [2.45, 2.75) is 13.0 Å². The van der Waals surface area contributed by atoms with Crippen molar-refractivity contribution in [1.29, 1.82) is 0 Å². The van der Waals surface area contributed by atoms with Crippen LogP contribution in [0.1, 0.15) is 20.8 Å². The van der Waals surface area contributed by atoms with Crippen LogP contribution in [0, 0.1) is 6.92 Å². The van der Waals surface area contributed by atoms with Gasteiger partial charge in [-0.15, -0.1) is 22.7 Å². The van der Waals surface area contributed by atoms with E-state index >= 15 is 0 Å². The second kappa shape index (κ2) is 4.21. The van der Waals surface area contributed by atoms with Crippen LogP contribution in [0.3, 0.4) is 0 Å². The number of thiazole rings is 1. The zero-order valence-corrected chi connectivity index (χ0v) is 9.78. The molecule has 2 rings (SSSR count). The Kier molecular flexibility index (Phi) is 2.96. The van der Waals surface area contributed by atoms with E-state index in [1.165, 1.54) is 9.75 Å². The molecule has 2 heterocycles. The Morgan fingerprint density at radius 2 is 2.29 bits per heavy atom. The summed E-state index contributed by atoms with van der Waals surface area (Å²) in [6, 6.07) is 4.54. The fourth-order valence-corrected chi connectivity index (χ4v) is 3.23. The standard InChI is InChI=1S/C10H12N2S2/c1-7-12-6-9(14-7)10(11-2)8-4-3-5-13-8/h3-6,10-11H,1-2H3. The molecule has 0 aliphatic rings. The summed E-state index contributed by atoms with van der Waals surface area (Å²) < 4.78 is 0. The van der Waals surface area contributed by atoms with Crippen LogP contribution in [0.5, 0.6) is 0 Å². The summed E-state index contributed by atoms with van der Waals surface area (Å²) in [6.07, 6.45) is 1.96. The highest BCUT2D eigenvalue weighted by Crippen LogP contribution is 2.29. The number of rotatable bonds is 3. The normalized spacial score (nSPS) is 13.0. The molecule has 1 atom stereocenters. The quantitative estimate of drug-likeness (QED) is 0.867. The molecule has 0 aliphatic carbocycles. The summed E-state index contributed by atoms with van der Waals surface area (Å²) in [5, 5.41) is 6.54. The molecule has 0 radical (unpaired) electrons. The van der Waals surface area contributed by atoms with Gasteiger partial charge in [0.15, 0.2) is 0 Å². The molecule has 0 bridgehead atoms. The van der Waals surface area contributed by atoms with Crippen LogP contribution in [-0.4, -0.2) is 12.0 Å². The molecular formula is C10H12N2S2. The Morgan fingerprint density at radius 1 is 1.43 bits per heavy atom. The smallest absolute Gasteiger partial charge is 0.0897 e. The second-order valence-corrected chi connectivity index (χ2v) is 5.26. The van der Waals surface area contributed by atoms with E-state index in [1.807, 2.05) is 20.2 Å². The maximum atomic E-state index is 4.28. The monoisotopic (exact) mass is 224 g/mol. The lowest BCUT2D eigenvalue weighted by Gasteiger charge is -2.11. The van der Waals surface area contributed by atoms with Gasteiger partial charge in [-0.1, -0.05) is 6.07 Å². The van der Waals surface area contributed by atoms with Crippen LogP contribution in [-0.2, 0) is 0 Å². The van der Waals surface area contributed by atoms with Crippen molar-refractivity contribution in [3.8, 4) is 0 Å². The molecule has 4 heteroatoms. The van der Waals surface area contributed by atoms with E-state index in [9.17, 15) is 0 Å². The van der Waals surface area contributed by atoms with Gasteiger partial charge >= 0.3 is 0 Å². The zero-order valence-electron chi connectivity index (χ0n) is 8.15. The van der Waals surface area contributed by atoms with E-state index < -0.39 is 0 Å². The van der Waals surface area contributed by atoms with Crippen LogP contribution >= 0.6 is 22.7 Å². The Balaban J connectivity index is 2.31. The third kappa shape index (κ3) is 1.87. The van der Waals surface area contributed by atoms with E-state index in [1.54, 1.807) is 22.7 Å². The van der Waals surface area contributed by atoms with Crippen molar-refractivity contribution < 1.29 is 0 Å². The number of hydrogen-bond acceptors (Lipinski definition) is 4. The van der Waals surface area contributed by atoms with Crippen LogP contribution in [0.25, 0.3) is 0 Å². The van der Waals surface area contributed by atoms with Gasteiger partial charge < -0.3 is 5.32 Å². The van der Waals surface area contributed by atoms with Gasteiger partial charge in [-0.25, -0.2) is 4.98 Å². The summed E-state index contributed by atoms with van der Waals surface area (Å²) >= 11 is 3.53. The molecule has 0 aliphatic heterocycles. The van der Waals surface area contributed by atoms with Crippen molar-refractivity contribution in [3.63, 3.8) is 0 Å². The predicted octanol–water partition coefficient (Wildman–Crippen LogP) is 2.82. The van der Waals surface area contributed by atoms with E-state index in [2.05, 4.69) is 27.8 Å². The van der Waals surface area contributed by atoms with Gasteiger partial charge in [-0.05, 0) is 25.4 Å². The van der Waals surface area contributed by atoms with Crippen molar-refractivity contribution >= 4 is 22.7 Å². The van der Waals surface area contributed by atoms with Gasteiger partial charge in [0, 0.05) is 16.0 Å². The number of aromatic nitrogens is 1. The zero-order chi connectivity index (χ0) is 9.97. The fourth-order valence-electron chi connectivity index (χ4n) is 1.39. The number of thiophene rings is 1. The maximum absolute atomic E-state index is 4.28. The number of aryl methyl sites for hydroxylation is 1. The van der Waals surface area contributed by atoms with Gasteiger partial charge in [0.05, 0.1) is 11.0 Å². The summed E-state index contributed by atoms with van der Waals surface area (Å²) in [5.74, 6) is 0. The van der Waals surface area contributed by atoms with Crippen molar-refractivity contribution in [1.82, 2.24) is 10.3 Å². The maximum Gasteiger partial charge on any atom is 0.0897 e. The van der Waals surface area contributed by atoms with Crippen molar-refractivity contribution in [2.24, 2.45) is 0 Å². The highest BCUT2D eigenvalue weighted by molar-refractivity contribution is 7.12. The highest BCUT2D eigenvalue weighted by atomic mass is 32.1. The molecule has 74 valence electrons. The van der Waals surface area contributed by atoms with Gasteiger partial charge in [0.25, 0.3) is 0 Å². The highest BCUT2D eigenvalue weighted by Gasteiger charge is 2.14. The molecule has 0 spiro atoms. The molecule has 2 aromatic heterocycles. The molecule has 14 heavy (non-hydrogen) atoms. The van der Waals surface area contributed by atoms with Gasteiger partial charge in [-0.3, -0.25) is 0 Å². The Morgan fingerprint density at radius 3 is 2.79 bits per heavy atom. The summed E-state index contributed by atoms with van der Waals surface area (Å²) in [7, 11) is 1.99. The first-order valence-electron chi connectivity index (χ1n) is 4.44. The van der Waals surface area contributed by atoms with E-state index in [0.717, 1.165) is 5.01 Å². The van der Waals surface area contributed by atoms with Crippen molar-refractivity contribution in [2.75, 3.05) is 7.05 Å². The van der Waals surface area contributed by atoms with Crippen LogP contribution in [0.2, 0.25) is 0 Å². The summed E-state index contributed by atoms with van der Waals surface area (Å²) in [6.45, 7) is 2.04. The topological polar surface area (TPSA) is 24.9 Å². The molecule has 2 aromatic rings. The van der Waals surface area contributed by atoms with Gasteiger partial charge in [0.1, 0.15) is 0 Å². The first-order valence-corrected chi connectivity index (χ1v) is 6.14. The van der Waals surface area contributed by atoms with E-state index in [0.29, 0.717) is 6.04 Å². The molecule has 0 amide bonds. The molecule has 0 aromatic carbocycles. The number of nitrogens with one attached hydrogen (secondary N) is 1. The molecule has 1 N–H and O–H groups in total. The first-order chi connectivity index (χ1) is 6.81. The SMILES string of the molecule is CNC(c1cccs1)c1cnc(C)s1. The summed E-state index contributed by atoms with van der Waals surface area (Å²) in [5.41, 5.74) is 0. The Bertz CT molecular complexity index is 392. The largest absolute Gasteiger partial charge is 0.308 e. The minimum atomic E-state index is 0.307. The molecule has 0 fully saturated rings. The Hall–Kier alpha value is -0.710. The fraction of sp³-hybridized carbons (Fsp3) is 0.300. The molecule has 0 saturated carbocycles. The number of nitrogens with zero attached hydrogens (tertiary/aromatic N) is 1.